The van der Waals surface area contributed by atoms with Crippen LogP contribution < -0.4 is 0 Å². The lowest BCUT2D eigenvalue weighted by Gasteiger charge is -2.25. The quantitative estimate of drug-likeness (QED) is 0.724. The van der Waals surface area contributed by atoms with Crippen LogP contribution in [-0.4, -0.2) is 44.0 Å². The van der Waals surface area contributed by atoms with Crippen LogP contribution in [0.3, 0.4) is 0 Å². The molecular weight excluding hydrogens is 206 g/mol. The van der Waals surface area contributed by atoms with Crippen molar-refractivity contribution in [1.29, 1.82) is 0 Å². The number of hydrogen-bond donors (Lipinski definition) is 0. The molecule has 6 heteroatoms. The second kappa shape index (κ2) is 4.69. The highest BCUT2D eigenvalue weighted by Crippen LogP contribution is 2.08. The summed E-state index contributed by atoms with van der Waals surface area (Å²) in [7, 11) is 0. The van der Waals surface area contributed by atoms with E-state index >= 15 is 0 Å². The van der Waals surface area contributed by atoms with E-state index < -0.39 is 0 Å². The minimum absolute atomic E-state index is 0.302. The number of tetrazole rings is 1. The molecule has 0 atom stereocenters. The first-order valence-corrected chi connectivity index (χ1v) is 5.64. The number of nitrogens with zero attached hydrogens (tertiary/aromatic N) is 5. The lowest BCUT2D eigenvalue weighted by molar-refractivity contribution is -0.121. The molecule has 0 radical (unpaired) electrons. The fourth-order valence-electron chi connectivity index (χ4n) is 1.93. The summed E-state index contributed by atoms with van der Waals surface area (Å²) in [5.74, 6) is 1.59. The molecule has 1 aromatic heterocycles. The molecule has 2 heterocycles. The molecule has 0 saturated heterocycles. The molecule has 0 aliphatic carbocycles. The highest BCUT2D eigenvalue weighted by Gasteiger charge is 2.20. The van der Waals surface area contributed by atoms with Crippen LogP contribution in [0.15, 0.2) is 0 Å². The van der Waals surface area contributed by atoms with E-state index in [0.717, 1.165) is 18.9 Å². The van der Waals surface area contributed by atoms with Crippen molar-refractivity contribution in [1.82, 2.24) is 25.1 Å². The zero-order valence-corrected chi connectivity index (χ0v) is 9.76. The van der Waals surface area contributed by atoms with E-state index in [-0.39, 0.29) is 0 Å². The summed E-state index contributed by atoms with van der Waals surface area (Å²) in [5.41, 5.74) is 0. The molecule has 1 aliphatic rings. The normalized spacial score (nSPS) is 16.4. The fourth-order valence-corrected chi connectivity index (χ4v) is 1.93. The van der Waals surface area contributed by atoms with Crippen molar-refractivity contribution >= 4 is 5.78 Å². The second-order valence-corrected chi connectivity index (χ2v) is 4.67. The highest BCUT2D eigenvalue weighted by molar-refractivity contribution is 5.80. The van der Waals surface area contributed by atoms with Crippen molar-refractivity contribution in [2.45, 2.75) is 33.4 Å². The minimum Gasteiger partial charge on any atom is -0.298 e. The average molecular weight is 223 g/mol. The monoisotopic (exact) mass is 223 g/mol. The van der Waals surface area contributed by atoms with E-state index in [2.05, 4.69) is 34.3 Å². The lowest BCUT2D eigenvalue weighted by atomic mass is 10.1. The van der Waals surface area contributed by atoms with E-state index in [1.165, 1.54) is 0 Å². The first-order valence-electron chi connectivity index (χ1n) is 5.64. The number of carbonyl (C=O) groups excluding carboxylic acids is 1. The second-order valence-electron chi connectivity index (χ2n) is 4.67. The van der Waals surface area contributed by atoms with Gasteiger partial charge in [0.2, 0.25) is 0 Å². The van der Waals surface area contributed by atoms with Crippen LogP contribution in [0.25, 0.3) is 0 Å². The SMILES string of the molecule is CC(C)CC(=O)CN1CCn2nnnc2C1. The summed E-state index contributed by atoms with van der Waals surface area (Å²) in [6.07, 6.45) is 0.654. The van der Waals surface area contributed by atoms with E-state index in [4.69, 9.17) is 0 Å². The molecule has 0 fully saturated rings. The maximum atomic E-state index is 11.7. The van der Waals surface area contributed by atoms with Crippen LogP contribution in [0.4, 0.5) is 0 Å². The molecule has 0 saturated carbocycles. The third kappa shape index (κ3) is 2.63. The van der Waals surface area contributed by atoms with E-state index in [0.29, 0.717) is 31.2 Å². The lowest BCUT2D eigenvalue weighted by Crippen LogP contribution is -2.37. The Balaban J connectivity index is 1.87. The molecule has 0 spiro atoms. The van der Waals surface area contributed by atoms with Gasteiger partial charge in [0.1, 0.15) is 5.78 Å². The molecule has 16 heavy (non-hydrogen) atoms. The van der Waals surface area contributed by atoms with Crippen LogP contribution >= 0.6 is 0 Å². The average Bonchev–Trinajstić information content (AvgIpc) is 2.63. The summed E-state index contributed by atoms with van der Waals surface area (Å²) >= 11 is 0. The van der Waals surface area contributed by atoms with Crippen molar-refractivity contribution < 1.29 is 4.79 Å². The van der Waals surface area contributed by atoms with Gasteiger partial charge in [0.15, 0.2) is 5.82 Å². The Kier molecular flexibility index (Phi) is 3.28. The van der Waals surface area contributed by atoms with Gasteiger partial charge in [-0.15, -0.1) is 5.10 Å². The van der Waals surface area contributed by atoms with Gasteiger partial charge >= 0.3 is 0 Å². The Morgan fingerprint density at radius 3 is 3.00 bits per heavy atom. The van der Waals surface area contributed by atoms with E-state index in [1.807, 2.05) is 0 Å². The van der Waals surface area contributed by atoms with Crippen molar-refractivity contribution in [3.63, 3.8) is 0 Å². The molecule has 1 aromatic rings. The Bertz CT molecular complexity index is 373. The first kappa shape index (κ1) is 11.2. The van der Waals surface area contributed by atoms with Gasteiger partial charge < -0.3 is 0 Å². The maximum Gasteiger partial charge on any atom is 0.165 e. The molecule has 0 unspecified atom stereocenters. The summed E-state index contributed by atoms with van der Waals surface area (Å²) in [5, 5.41) is 11.4. The van der Waals surface area contributed by atoms with E-state index in [9.17, 15) is 4.79 Å². The standard InChI is InChI=1S/C10H17N5O/c1-8(2)5-9(16)6-14-3-4-15-10(7-14)11-12-13-15/h8H,3-7H2,1-2H3. The van der Waals surface area contributed by atoms with Gasteiger partial charge in [-0.25, -0.2) is 4.68 Å². The van der Waals surface area contributed by atoms with Crippen molar-refractivity contribution in [3.8, 4) is 0 Å². The smallest absolute Gasteiger partial charge is 0.165 e. The number of aromatic nitrogens is 4. The first-order chi connectivity index (χ1) is 7.65. The van der Waals surface area contributed by atoms with Crippen molar-refractivity contribution in [2.75, 3.05) is 13.1 Å². The number of Topliss-reactive ketones (excluding diaryl/α,β-unsaturated/α-hetero) is 1. The van der Waals surface area contributed by atoms with Crippen molar-refractivity contribution in [2.24, 2.45) is 5.92 Å². The molecule has 2 rings (SSSR count). The molecule has 88 valence electrons. The number of hydrogen-bond acceptors (Lipinski definition) is 5. The van der Waals surface area contributed by atoms with Crippen LogP contribution in [0.2, 0.25) is 0 Å². The summed E-state index contributed by atoms with van der Waals surface area (Å²) < 4.78 is 1.80. The molecular formula is C10H17N5O. The van der Waals surface area contributed by atoms with Gasteiger partial charge in [0.05, 0.1) is 19.6 Å². The van der Waals surface area contributed by atoms with Gasteiger partial charge in [-0.05, 0) is 16.3 Å². The Morgan fingerprint density at radius 1 is 1.44 bits per heavy atom. The summed E-state index contributed by atoms with van der Waals surface area (Å²) in [6, 6.07) is 0. The Labute approximate surface area is 94.6 Å². The number of ketones is 1. The van der Waals surface area contributed by atoms with Crippen LogP contribution in [0, 0.1) is 5.92 Å². The third-order valence-corrected chi connectivity index (χ3v) is 2.64. The van der Waals surface area contributed by atoms with E-state index in [1.54, 1.807) is 4.68 Å². The number of fused-ring (bicyclic) bond motifs is 1. The topological polar surface area (TPSA) is 63.9 Å². The Hall–Kier alpha value is -1.30. The predicted octanol–water partition coefficient (Wildman–Crippen LogP) is 0.104. The molecule has 6 nitrogen and oxygen atoms in total. The number of rotatable bonds is 4. The largest absolute Gasteiger partial charge is 0.298 e. The molecule has 0 aromatic carbocycles. The Morgan fingerprint density at radius 2 is 2.25 bits per heavy atom. The number of carbonyl (C=O) groups is 1. The van der Waals surface area contributed by atoms with Crippen LogP contribution in [0.5, 0.6) is 0 Å². The zero-order valence-electron chi connectivity index (χ0n) is 9.76. The molecule has 0 amide bonds. The summed E-state index contributed by atoms with van der Waals surface area (Å²) in [6.45, 7) is 6.95. The summed E-state index contributed by atoms with van der Waals surface area (Å²) in [4.78, 5) is 13.8. The molecule has 0 bridgehead atoms. The van der Waals surface area contributed by atoms with Gasteiger partial charge in [-0.3, -0.25) is 9.69 Å². The van der Waals surface area contributed by atoms with Gasteiger partial charge in [-0.2, -0.15) is 0 Å². The minimum atomic E-state index is 0.302. The van der Waals surface area contributed by atoms with Crippen LogP contribution in [0.1, 0.15) is 26.1 Å². The van der Waals surface area contributed by atoms with Gasteiger partial charge in [-0.1, -0.05) is 13.8 Å². The molecule has 1 aliphatic heterocycles. The highest BCUT2D eigenvalue weighted by atomic mass is 16.1. The molecule has 0 N–H and O–H groups in total. The van der Waals surface area contributed by atoms with Gasteiger partial charge in [0.25, 0.3) is 0 Å². The van der Waals surface area contributed by atoms with Crippen LogP contribution in [-0.2, 0) is 17.9 Å². The third-order valence-electron chi connectivity index (χ3n) is 2.64. The predicted molar refractivity (Wildman–Crippen MR) is 57.6 cm³/mol. The van der Waals surface area contributed by atoms with Gasteiger partial charge in [0, 0.05) is 13.0 Å². The maximum absolute atomic E-state index is 11.7. The zero-order chi connectivity index (χ0) is 11.5. The fraction of sp³-hybridized carbons (Fsp3) is 0.800. The van der Waals surface area contributed by atoms with Crippen molar-refractivity contribution in [3.05, 3.63) is 5.82 Å².